The van der Waals surface area contributed by atoms with E-state index in [1.165, 1.54) is 0 Å². The lowest BCUT2D eigenvalue weighted by Crippen LogP contribution is -2.07. The number of hydrogen-bond donors (Lipinski definition) is 0. The molecular weight excluding hydrogens is 274 g/mol. The normalized spacial score (nSPS) is 11.6. The Morgan fingerprint density at radius 2 is 1.59 bits per heavy atom. The molecule has 0 aliphatic rings. The van der Waals surface area contributed by atoms with Crippen molar-refractivity contribution in [2.45, 2.75) is 19.8 Å². The molecule has 0 unspecified atom stereocenters. The molecule has 0 fully saturated rings. The average Bonchev–Trinajstić information content (AvgIpc) is 2.97. The van der Waals surface area contributed by atoms with Crippen molar-refractivity contribution in [1.29, 1.82) is 0 Å². The van der Waals surface area contributed by atoms with Gasteiger partial charge in [-0.1, -0.05) is 43.3 Å². The van der Waals surface area contributed by atoms with Crippen molar-refractivity contribution >= 4 is 21.9 Å². The maximum Gasteiger partial charge on any atom is 0.167 e. The molecule has 0 amide bonds. The number of fused-ring (bicyclic) bond motifs is 2. The molecule has 0 spiro atoms. The Kier molecular flexibility index (Phi) is 2.85. The predicted molar refractivity (Wildman–Crippen MR) is 86.1 cm³/mol. The van der Waals surface area contributed by atoms with Gasteiger partial charge >= 0.3 is 0 Å². The number of nitrogens with zero attached hydrogens (tertiary/aromatic N) is 5. The third-order valence-corrected chi connectivity index (χ3v) is 3.67. The first-order chi connectivity index (χ1) is 10.7. The van der Waals surface area contributed by atoms with Crippen LogP contribution in [0.5, 0.6) is 0 Å². The molecule has 2 aromatic carbocycles. The quantitative estimate of drug-likeness (QED) is 0.567. The summed E-state index contributed by atoms with van der Waals surface area (Å²) in [5.74, 6) is 1.84. The van der Waals surface area contributed by atoms with Crippen molar-refractivity contribution in [3.05, 3.63) is 54.4 Å². The van der Waals surface area contributed by atoms with E-state index in [4.69, 9.17) is 4.98 Å². The average molecular weight is 289 g/mol. The molecule has 4 rings (SSSR count). The van der Waals surface area contributed by atoms with Gasteiger partial charge < -0.3 is 0 Å². The summed E-state index contributed by atoms with van der Waals surface area (Å²) in [5, 5.41) is 9.50. The topological polar surface area (TPSA) is 56.5 Å². The lowest BCUT2D eigenvalue weighted by Gasteiger charge is -2.10. The summed E-state index contributed by atoms with van der Waals surface area (Å²) in [6, 6.07) is 15.9. The van der Waals surface area contributed by atoms with E-state index in [0.29, 0.717) is 0 Å². The van der Waals surface area contributed by atoms with Crippen molar-refractivity contribution in [3.63, 3.8) is 0 Å². The van der Waals surface area contributed by atoms with Gasteiger partial charge in [0, 0.05) is 11.3 Å². The Balaban J connectivity index is 2.09. The van der Waals surface area contributed by atoms with Crippen LogP contribution in [-0.2, 0) is 0 Å². The van der Waals surface area contributed by atoms with Crippen molar-refractivity contribution in [3.8, 4) is 5.82 Å². The molecule has 0 atom stereocenters. The zero-order chi connectivity index (χ0) is 15.1. The second-order valence-corrected chi connectivity index (χ2v) is 5.57. The zero-order valence-electron chi connectivity index (χ0n) is 12.4. The first-order valence-corrected chi connectivity index (χ1v) is 7.31. The monoisotopic (exact) mass is 289 g/mol. The first kappa shape index (κ1) is 12.9. The van der Waals surface area contributed by atoms with Gasteiger partial charge in [0.25, 0.3) is 0 Å². The summed E-state index contributed by atoms with van der Waals surface area (Å²) in [6.07, 6.45) is 0. The molecule has 5 nitrogen and oxygen atoms in total. The number of para-hydroxylation sites is 2. The van der Waals surface area contributed by atoms with E-state index in [-0.39, 0.29) is 5.92 Å². The van der Waals surface area contributed by atoms with Crippen molar-refractivity contribution in [2.24, 2.45) is 0 Å². The first-order valence-electron chi connectivity index (χ1n) is 7.31. The van der Waals surface area contributed by atoms with Crippen LogP contribution >= 0.6 is 0 Å². The van der Waals surface area contributed by atoms with E-state index < -0.39 is 0 Å². The molecule has 0 radical (unpaired) electrons. The van der Waals surface area contributed by atoms with Crippen LogP contribution in [0, 0.1) is 0 Å². The van der Waals surface area contributed by atoms with Crippen LogP contribution < -0.4 is 0 Å². The van der Waals surface area contributed by atoms with E-state index >= 15 is 0 Å². The van der Waals surface area contributed by atoms with E-state index in [1.54, 1.807) is 4.68 Å². The van der Waals surface area contributed by atoms with Crippen LogP contribution in [0.4, 0.5) is 0 Å². The fourth-order valence-electron chi connectivity index (χ4n) is 2.52. The van der Waals surface area contributed by atoms with Gasteiger partial charge in [0.1, 0.15) is 11.3 Å². The van der Waals surface area contributed by atoms with Gasteiger partial charge in [-0.05, 0) is 24.3 Å². The molecular formula is C17H15N5. The summed E-state index contributed by atoms with van der Waals surface area (Å²) in [4.78, 5) is 9.40. The molecule has 22 heavy (non-hydrogen) atoms. The highest BCUT2D eigenvalue weighted by Gasteiger charge is 2.14. The zero-order valence-corrected chi connectivity index (χ0v) is 12.4. The third-order valence-electron chi connectivity index (χ3n) is 3.67. The van der Waals surface area contributed by atoms with E-state index in [1.807, 2.05) is 48.5 Å². The molecule has 0 bridgehead atoms. The largest absolute Gasteiger partial charge is 0.232 e. The fourth-order valence-corrected chi connectivity index (χ4v) is 2.52. The number of hydrogen-bond acceptors (Lipinski definition) is 4. The Morgan fingerprint density at radius 1 is 0.864 bits per heavy atom. The van der Waals surface area contributed by atoms with Crippen molar-refractivity contribution in [1.82, 2.24) is 25.0 Å². The van der Waals surface area contributed by atoms with Crippen LogP contribution in [0.2, 0.25) is 0 Å². The molecule has 0 aliphatic heterocycles. The van der Waals surface area contributed by atoms with Crippen LogP contribution in [0.1, 0.15) is 25.6 Å². The maximum absolute atomic E-state index is 4.74. The van der Waals surface area contributed by atoms with Gasteiger partial charge in [0.2, 0.25) is 0 Å². The van der Waals surface area contributed by atoms with Gasteiger partial charge in [-0.2, -0.15) is 4.68 Å². The summed E-state index contributed by atoms with van der Waals surface area (Å²) >= 11 is 0. The van der Waals surface area contributed by atoms with Crippen LogP contribution in [0.3, 0.4) is 0 Å². The second-order valence-electron chi connectivity index (χ2n) is 5.57. The second kappa shape index (κ2) is 4.87. The molecule has 2 heterocycles. The van der Waals surface area contributed by atoms with Gasteiger partial charge in [-0.25, -0.2) is 9.97 Å². The van der Waals surface area contributed by atoms with E-state index in [9.17, 15) is 0 Å². The van der Waals surface area contributed by atoms with E-state index in [0.717, 1.165) is 33.6 Å². The molecule has 108 valence electrons. The van der Waals surface area contributed by atoms with Crippen molar-refractivity contribution in [2.75, 3.05) is 0 Å². The number of rotatable bonds is 2. The lowest BCUT2D eigenvalue weighted by atomic mass is 10.1. The Labute approximate surface area is 127 Å². The summed E-state index contributed by atoms with van der Waals surface area (Å²) in [5.41, 5.74) is 2.73. The van der Waals surface area contributed by atoms with Crippen LogP contribution in [0.25, 0.3) is 27.8 Å². The van der Waals surface area contributed by atoms with Gasteiger partial charge in [0.05, 0.1) is 11.0 Å². The molecule has 0 N–H and O–H groups in total. The van der Waals surface area contributed by atoms with Gasteiger partial charge in [0.15, 0.2) is 5.82 Å². The highest BCUT2D eigenvalue weighted by Crippen LogP contribution is 2.24. The highest BCUT2D eigenvalue weighted by molar-refractivity contribution is 5.87. The minimum absolute atomic E-state index is 0.248. The Bertz CT molecular complexity index is 971. The van der Waals surface area contributed by atoms with Crippen LogP contribution in [0.15, 0.2) is 48.5 Å². The molecule has 0 aliphatic carbocycles. The smallest absolute Gasteiger partial charge is 0.167 e. The molecule has 5 heteroatoms. The summed E-state index contributed by atoms with van der Waals surface area (Å²) < 4.78 is 1.80. The van der Waals surface area contributed by atoms with E-state index in [2.05, 4.69) is 29.1 Å². The lowest BCUT2D eigenvalue weighted by molar-refractivity contribution is 0.748. The molecule has 2 aromatic heterocycles. The van der Waals surface area contributed by atoms with Gasteiger partial charge in [-0.3, -0.25) is 0 Å². The highest BCUT2D eigenvalue weighted by atomic mass is 15.4. The number of benzene rings is 2. The number of aromatic nitrogens is 5. The predicted octanol–water partition coefficient (Wildman–Crippen LogP) is 3.49. The van der Waals surface area contributed by atoms with Crippen LogP contribution in [-0.4, -0.2) is 25.0 Å². The Morgan fingerprint density at radius 3 is 2.41 bits per heavy atom. The third kappa shape index (κ3) is 1.94. The molecule has 0 saturated carbocycles. The van der Waals surface area contributed by atoms with Crippen molar-refractivity contribution < 1.29 is 0 Å². The summed E-state index contributed by atoms with van der Waals surface area (Å²) in [7, 11) is 0. The molecule has 4 aromatic rings. The summed E-state index contributed by atoms with van der Waals surface area (Å²) in [6.45, 7) is 4.18. The fraction of sp³-hybridized carbons (Fsp3) is 0.176. The SMILES string of the molecule is CC(C)c1nc(-n2nnc3ccccc32)c2ccccc2n1. The van der Waals surface area contributed by atoms with Gasteiger partial charge in [-0.15, -0.1) is 5.10 Å². The standard InChI is InChI=1S/C17H15N5/c1-11(2)16-18-13-8-4-3-7-12(13)17(19-16)22-15-10-6-5-9-14(15)20-21-22/h3-11H,1-2H3. The minimum atomic E-state index is 0.248. The maximum atomic E-state index is 4.74. The Hall–Kier alpha value is -2.82. The minimum Gasteiger partial charge on any atom is -0.232 e. The molecule has 0 saturated heterocycles.